The average Bonchev–Trinajstić information content (AvgIpc) is 2.71. The van der Waals surface area contributed by atoms with Gasteiger partial charge in [0.25, 0.3) is 0 Å². The fourth-order valence-electron chi connectivity index (χ4n) is 3.29. The van der Waals surface area contributed by atoms with Crippen LogP contribution in [0.25, 0.3) is 0 Å². The van der Waals surface area contributed by atoms with Crippen molar-refractivity contribution in [1.82, 2.24) is 9.97 Å². The van der Waals surface area contributed by atoms with Gasteiger partial charge in [-0.05, 0) is 56.4 Å². The first kappa shape index (κ1) is 22.3. The Balaban J connectivity index is 1.92. The molecule has 9 heteroatoms. The maximum Gasteiger partial charge on any atom is 0.421 e. The molecule has 0 aliphatic heterocycles. The molecular formula is C22H24F3N5O. The molecule has 2 aromatic rings. The Hall–Kier alpha value is -3.36. The summed E-state index contributed by atoms with van der Waals surface area (Å²) in [6, 6.07) is 5.01. The zero-order valence-electron chi connectivity index (χ0n) is 17.1. The van der Waals surface area contributed by atoms with E-state index in [1.54, 1.807) is 25.1 Å². The van der Waals surface area contributed by atoms with Crippen molar-refractivity contribution >= 4 is 29.0 Å². The first-order valence-corrected chi connectivity index (χ1v) is 9.84. The molecule has 0 spiro atoms. The van der Waals surface area contributed by atoms with Crippen LogP contribution < -0.4 is 16.0 Å². The maximum absolute atomic E-state index is 13.6. The van der Waals surface area contributed by atoms with Crippen LogP contribution in [0.15, 0.2) is 49.2 Å². The molecule has 1 saturated carbocycles. The predicted octanol–water partition coefficient (Wildman–Crippen LogP) is 5.58. The lowest BCUT2D eigenvalue weighted by Gasteiger charge is -2.25. The molecule has 31 heavy (non-hydrogen) atoms. The molecule has 3 N–H and O–H groups in total. The highest BCUT2D eigenvalue weighted by Gasteiger charge is 2.35. The molecule has 0 radical (unpaired) electrons. The average molecular weight is 431 g/mol. The predicted molar refractivity (Wildman–Crippen MR) is 115 cm³/mol. The van der Waals surface area contributed by atoms with Gasteiger partial charge in [-0.15, -0.1) is 0 Å². The lowest BCUT2D eigenvalue weighted by atomic mass is 9.92. The lowest BCUT2D eigenvalue weighted by molar-refractivity contribution is -0.137. The van der Waals surface area contributed by atoms with Gasteiger partial charge in [0.15, 0.2) is 0 Å². The summed E-state index contributed by atoms with van der Waals surface area (Å²) < 4.78 is 40.7. The summed E-state index contributed by atoms with van der Waals surface area (Å²) in [6.45, 7) is 9.17. The van der Waals surface area contributed by atoms with Gasteiger partial charge < -0.3 is 16.0 Å². The molecule has 1 heterocycles. The zero-order chi connectivity index (χ0) is 22.6. The molecule has 164 valence electrons. The van der Waals surface area contributed by atoms with Crippen molar-refractivity contribution in [2.45, 2.75) is 44.8 Å². The van der Waals surface area contributed by atoms with Gasteiger partial charge in [0.2, 0.25) is 11.9 Å². The van der Waals surface area contributed by atoms with E-state index in [1.807, 2.05) is 0 Å². The number of carbonyl (C=O) groups excluding carboxylic acids is 1. The number of hydrogen-bond donors (Lipinski definition) is 3. The molecule has 6 nitrogen and oxygen atoms in total. The normalized spacial score (nSPS) is 14.8. The number of aryl methyl sites for hydroxylation is 1. The number of anilines is 4. The third kappa shape index (κ3) is 5.84. The van der Waals surface area contributed by atoms with Gasteiger partial charge in [0.1, 0.15) is 11.4 Å². The van der Waals surface area contributed by atoms with Crippen molar-refractivity contribution in [2.24, 2.45) is 0 Å². The van der Waals surface area contributed by atoms with Crippen LogP contribution >= 0.6 is 0 Å². The number of nitrogens with one attached hydrogen (secondary N) is 3. The molecule has 1 fully saturated rings. The quantitative estimate of drug-likeness (QED) is 0.411. The van der Waals surface area contributed by atoms with E-state index in [0.29, 0.717) is 5.69 Å². The van der Waals surface area contributed by atoms with Gasteiger partial charge in [-0.25, -0.2) is 4.98 Å². The van der Waals surface area contributed by atoms with Crippen LogP contribution in [-0.4, -0.2) is 21.9 Å². The second-order valence-electron chi connectivity index (χ2n) is 7.49. The minimum Gasteiger partial charge on any atom is -0.351 e. The van der Waals surface area contributed by atoms with E-state index in [1.165, 1.54) is 5.57 Å². The van der Waals surface area contributed by atoms with Crippen molar-refractivity contribution in [1.29, 1.82) is 0 Å². The van der Waals surface area contributed by atoms with Crippen LogP contribution in [-0.2, 0) is 11.0 Å². The van der Waals surface area contributed by atoms with Crippen LogP contribution in [0.1, 0.15) is 36.8 Å². The first-order valence-electron chi connectivity index (χ1n) is 9.84. The van der Waals surface area contributed by atoms with Crippen LogP contribution in [0.5, 0.6) is 0 Å². The van der Waals surface area contributed by atoms with E-state index >= 15 is 0 Å². The zero-order valence-corrected chi connectivity index (χ0v) is 17.1. The third-order valence-corrected chi connectivity index (χ3v) is 4.99. The summed E-state index contributed by atoms with van der Waals surface area (Å²) in [5, 5.41) is 8.43. The highest BCUT2D eigenvalue weighted by Crippen LogP contribution is 2.37. The number of nitrogens with zero attached hydrogens (tertiary/aromatic N) is 2. The van der Waals surface area contributed by atoms with Crippen LogP contribution in [0.4, 0.5) is 36.3 Å². The molecule has 0 bridgehead atoms. The van der Waals surface area contributed by atoms with Crippen LogP contribution in [0, 0.1) is 6.92 Å². The second kappa shape index (κ2) is 9.20. The number of allylic oxidation sites excluding steroid dienone is 1. The summed E-state index contributed by atoms with van der Waals surface area (Å²) in [6.07, 6.45) is 0.550. The minimum atomic E-state index is -4.65. The Morgan fingerprint density at radius 1 is 1.23 bits per heavy atom. The Morgan fingerprint density at radius 3 is 2.58 bits per heavy atom. The number of aromatic nitrogens is 2. The van der Waals surface area contributed by atoms with E-state index in [2.05, 4.69) is 39.1 Å². The molecule has 1 aromatic carbocycles. The first-order chi connectivity index (χ1) is 14.7. The van der Waals surface area contributed by atoms with Gasteiger partial charge in [-0.1, -0.05) is 24.8 Å². The van der Waals surface area contributed by atoms with Crippen LogP contribution in [0.3, 0.4) is 0 Å². The third-order valence-electron chi connectivity index (χ3n) is 4.99. The minimum absolute atomic E-state index is 0.0666. The highest BCUT2D eigenvalue weighted by atomic mass is 19.4. The number of amides is 1. The summed E-state index contributed by atoms with van der Waals surface area (Å²) in [4.78, 5) is 19.7. The Labute approximate surface area is 178 Å². The number of halogens is 3. The molecule has 1 aliphatic rings. The summed E-state index contributed by atoms with van der Waals surface area (Å²) in [5.41, 5.74) is 1.57. The van der Waals surface area contributed by atoms with Gasteiger partial charge in [-0.3, -0.25) is 4.79 Å². The SMILES string of the molecule is C=CC(=O)Nc1cc(C)ccc1Nc1nc(NC2CCC(=C)CC2)ncc1C(F)(F)F. The summed E-state index contributed by atoms with van der Waals surface area (Å²) >= 11 is 0. The van der Waals surface area contributed by atoms with Crippen LogP contribution in [0.2, 0.25) is 0 Å². The number of benzene rings is 1. The van der Waals surface area contributed by atoms with Crippen molar-refractivity contribution < 1.29 is 18.0 Å². The van der Waals surface area contributed by atoms with Crippen molar-refractivity contribution in [3.63, 3.8) is 0 Å². The standard InChI is InChI=1S/C22H24F3N5O/c1-4-19(31)28-18-11-14(3)7-10-17(18)29-20-16(22(23,24)25)12-26-21(30-20)27-15-8-5-13(2)6-9-15/h4,7,10-12,15H,1-2,5-6,8-9H2,3H3,(H,28,31)(H2,26,27,29,30). The number of alkyl halides is 3. The van der Waals surface area contributed by atoms with E-state index < -0.39 is 23.5 Å². The summed E-state index contributed by atoms with van der Waals surface area (Å²) in [5.74, 6) is -0.770. The van der Waals surface area contributed by atoms with E-state index in [9.17, 15) is 18.0 Å². The van der Waals surface area contributed by atoms with E-state index in [4.69, 9.17) is 0 Å². The highest BCUT2D eigenvalue weighted by molar-refractivity contribution is 6.01. The fraction of sp³-hybridized carbons (Fsp3) is 0.318. The number of carbonyl (C=O) groups is 1. The monoisotopic (exact) mass is 431 g/mol. The van der Waals surface area contributed by atoms with Gasteiger partial charge in [-0.2, -0.15) is 18.2 Å². The Bertz CT molecular complexity index is 993. The van der Waals surface area contributed by atoms with Crippen molar-refractivity contribution in [3.05, 3.63) is 60.3 Å². The lowest BCUT2D eigenvalue weighted by Crippen LogP contribution is -2.24. The van der Waals surface area contributed by atoms with Crippen molar-refractivity contribution in [2.75, 3.05) is 16.0 Å². The summed E-state index contributed by atoms with van der Waals surface area (Å²) in [7, 11) is 0. The Morgan fingerprint density at radius 2 is 1.94 bits per heavy atom. The van der Waals surface area contributed by atoms with Gasteiger partial charge in [0, 0.05) is 12.2 Å². The molecular weight excluding hydrogens is 407 g/mol. The second-order valence-corrected chi connectivity index (χ2v) is 7.49. The van der Waals surface area contributed by atoms with Gasteiger partial charge >= 0.3 is 6.18 Å². The molecule has 0 atom stereocenters. The molecule has 0 saturated heterocycles. The molecule has 1 aliphatic carbocycles. The van der Waals surface area contributed by atoms with E-state index in [-0.39, 0.29) is 17.7 Å². The molecule has 1 aromatic heterocycles. The smallest absolute Gasteiger partial charge is 0.351 e. The fourth-order valence-corrected chi connectivity index (χ4v) is 3.29. The van der Waals surface area contributed by atoms with Crippen molar-refractivity contribution in [3.8, 4) is 0 Å². The largest absolute Gasteiger partial charge is 0.421 e. The number of hydrogen-bond acceptors (Lipinski definition) is 5. The Kier molecular flexibility index (Phi) is 6.62. The maximum atomic E-state index is 13.6. The molecule has 0 unspecified atom stereocenters. The molecule has 1 amide bonds. The topological polar surface area (TPSA) is 78.9 Å². The molecule has 3 rings (SSSR count). The van der Waals surface area contributed by atoms with Gasteiger partial charge in [0.05, 0.1) is 11.4 Å². The number of rotatable bonds is 6. The van der Waals surface area contributed by atoms with E-state index in [0.717, 1.165) is 43.5 Å².